The standard InChI is InChI=1S/C25H29N5O3/c1-28-16-26-21-12-20(17-2-4-18(5-3-17)29-8-10-33-11-9-29)27-23(22(21)24(28)32)30-14-25(15-31)7-6-19(30)13-25/h2-5,12,16,19,31H,6-11,13-15H2,1H3/t19?,25-/m0/s1. The van der Waals surface area contributed by atoms with Crippen LogP contribution in [0.3, 0.4) is 0 Å². The average Bonchev–Trinajstić information content (AvgIpc) is 3.46. The molecule has 1 N–H and O–H groups in total. The van der Waals surface area contributed by atoms with Gasteiger partial charge in [0.2, 0.25) is 0 Å². The molecule has 0 radical (unpaired) electrons. The van der Waals surface area contributed by atoms with E-state index in [1.54, 1.807) is 13.4 Å². The van der Waals surface area contributed by atoms with Crippen molar-refractivity contribution in [3.8, 4) is 11.3 Å². The van der Waals surface area contributed by atoms with Crippen molar-refractivity contribution in [2.75, 3.05) is 49.3 Å². The number of aromatic nitrogens is 3. The van der Waals surface area contributed by atoms with Gasteiger partial charge in [-0.1, -0.05) is 12.1 Å². The highest BCUT2D eigenvalue weighted by Gasteiger charge is 2.50. The van der Waals surface area contributed by atoms with E-state index in [4.69, 9.17) is 9.72 Å². The van der Waals surface area contributed by atoms with Crippen LogP contribution in [0.5, 0.6) is 0 Å². The summed E-state index contributed by atoms with van der Waals surface area (Å²) in [5.41, 5.74) is 3.49. The number of hydrogen-bond acceptors (Lipinski definition) is 7. The van der Waals surface area contributed by atoms with Gasteiger partial charge < -0.3 is 24.2 Å². The van der Waals surface area contributed by atoms with Crippen LogP contribution in [-0.2, 0) is 11.8 Å². The van der Waals surface area contributed by atoms with Gasteiger partial charge in [-0.25, -0.2) is 9.97 Å². The molecule has 2 bridgehead atoms. The molecule has 1 aromatic carbocycles. The van der Waals surface area contributed by atoms with E-state index in [1.807, 2.05) is 6.07 Å². The van der Waals surface area contributed by atoms with E-state index >= 15 is 0 Å². The average molecular weight is 448 g/mol. The van der Waals surface area contributed by atoms with Crippen LogP contribution in [-0.4, -0.2) is 65.1 Å². The number of hydrogen-bond donors (Lipinski definition) is 1. The lowest BCUT2D eigenvalue weighted by Gasteiger charge is -2.33. The molecule has 1 saturated carbocycles. The summed E-state index contributed by atoms with van der Waals surface area (Å²) >= 11 is 0. The number of aliphatic hydroxyl groups excluding tert-OH is 1. The number of piperidine rings is 1. The van der Waals surface area contributed by atoms with Gasteiger partial charge in [0.05, 0.1) is 37.4 Å². The molecule has 4 heterocycles. The van der Waals surface area contributed by atoms with Gasteiger partial charge in [0, 0.05) is 49.4 Å². The number of anilines is 2. The summed E-state index contributed by atoms with van der Waals surface area (Å²) in [7, 11) is 1.72. The van der Waals surface area contributed by atoms with Crippen LogP contribution < -0.4 is 15.4 Å². The third-order valence-electron chi connectivity index (χ3n) is 7.65. The summed E-state index contributed by atoms with van der Waals surface area (Å²) in [6, 6.07) is 10.7. The van der Waals surface area contributed by atoms with Gasteiger partial charge in [-0.3, -0.25) is 4.79 Å². The van der Waals surface area contributed by atoms with E-state index in [0.717, 1.165) is 63.4 Å². The third-order valence-corrected chi connectivity index (χ3v) is 7.65. The molecule has 0 spiro atoms. The van der Waals surface area contributed by atoms with Crippen molar-refractivity contribution in [1.29, 1.82) is 0 Å². The Labute approximate surface area is 192 Å². The SMILES string of the molecule is Cn1cnc2cc(-c3ccc(N4CCOCC4)cc3)nc(N3C[C@]4(CO)CCC3C4)c2c1=O. The Bertz CT molecular complexity index is 1250. The molecule has 2 saturated heterocycles. The first kappa shape index (κ1) is 20.6. The van der Waals surface area contributed by atoms with E-state index in [-0.39, 0.29) is 17.6 Å². The number of nitrogens with zero attached hydrogens (tertiary/aromatic N) is 5. The summed E-state index contributed by atoms with van der Waals surface area (Å²) in [6.45, 7) is 4.21. The van der Waals surface area contributed by atoms with Crippen molar-refractivity contribution in [2.45, 2.75) is 25.3 Å². The van der Waals surface area contributed by atoms with Crippen molar-refractivity contribution in [3.63, 3.8) is 0 Å². The number of benzene rings is 1. The van der Waals surface area contributed by atoms with Gasteiger partial charge >= 0.3 is 0 Å². The smallest absolute Gasteiger partial charge is 0.264 e. The van der Waals surface area contributed by atoms with E-state index < -0.39 is 0 Å². The first-order valence-electron chi connectivity index (χ1n) is 11.7. The molecule has 172 valence electrons. The summed E-state index contributed by atoms with van der Waals surface area (Å²) in [4.78, 5) is 27.3. The van der Waals surface area contributed by atoms with Gasteiger partial charge in [0.1, 0.15) is 11.2 Å². The first-order chi connectivity index (χ1) is 16.1. The number of aliphatic hydroxyl groups is 1. The molecule has 33 heavy (non-hydrogen) atoms. The quantitative estimate of drug-likeness (QED) is 0.656. The maximum Gasteiger partial charge on any atom is 0.264 e. The minimum Gasteiger partial charge on any atom is -0.396 e. The minimum absolute atomic E-state index is 0.0814. The zero-order valence-corrected chi connectivity index (χ0v) is 18.9. The molecule has 2 aliphatic heterocycles. The van der Waals surface area contributed by atoms with Gasteiger partial charge in [-0.2, -0.15) is 0 Å². The Hall–Kier alpha value is -2.97. The number of morpholine rings is 1. The van der Waals surface area contributed by atoms with Crippen molar-refractivity contribution in [2.24, 2.45) is 12.5 Å². The lowest BCUT2D eigenvalue weighted by molar-refractivity contribution is 0.122. The van der Waals surface area contributed by atoms with E-state index in [1.165, 1.54) is 10.3 Å². The number of fused-ring (bicyclic) bond motifs is 3. The molecule has 3 aliphatic rings. The zero-order chi connectivity index (χ0) is 22.6. The highest BCUT2D eigenvalue weighted by molar-refractivity contribution is 5.92. The van der Waals surface area contributed by atoms with Crippen LogP contribution in [0.4, 0.5) is 11.5 Å². The fourth-order valence-corrected chi connectivity index (χ4v) is 5.74. The van der Waals surface area contributed by atoms with Crippen molar-refractivity contribution < 1.29 is 9.84 Å². The van der Waals surface area contributed by atoms with Gasteiger partial charge in [0.15, 0.2) is 0 Å². The summed E-state index contributed by atoms with van der Waals surface area (Å²) in [5.74, 6) is 0.702. The van der Waals surface area contributed by atoms with Crippen LogP contribution in [0.25, 0.3) is 22.2 Å². The van der Waals surface area contributed by atoms with Crippen LogP contribution in [0.2, 0.25) is 0 Å². The van der Waals surface area contributed by atoms with Crippen LogP contribution in [0.1, 0.15) is 19.3 Å². The van der Waals surface area contributed by atoms with Crippen molar-refractivity contribution >= 4 is 22.4 Å². The van der Waals surface area contributed by atoms with E-state index in [2.05, 4.69) is 39.0 Å². The first-order valence-corrected chi connectivity index (χ1v) is 11.7. The van der Waals surface area contributed by atoms with Crippen molar-refractivity contribution in [3.05, 3.63) is 47.0 Å². The van der Waals surface area contributed by atoms with E-state index in [9.17, 15) is 9.90 Å². The molecule has 1 aliphatic carbocycles. The molecule has 2 atom stereocenters. The lowest BCUT2D eigenvalue weighted by Crippen LogP contribution is -2.38. The summed E-state index contributed by atoms with van der Waals surface area (Å²) in [5, 5.41) is 10.6. The second-order valence-electron chi connectivity index (χ2n) is 9.71. The normalized spacial score (nSPS) is 24.7. The molecule has 8 nitrogen and oxygen atoms in total. The predicted octanol–water partition coefficient (Wildman–Crippen LogP) is 2.18. The van der Waals surface area contributed by atoms with Crippen LogP contribution in [0, 0.1) is 5.41 Å². The maximum atomic E-state index is 13.1. The highest BCUT2D eigenvalue weighted by Crippen LogP contribution is 2.49. The lowest BCUT2D eigenvalue weighted by atomic mass is 9.88. The maximum absolute atomic E-state index is 13.1. The van der Waals surface area contributed by atoms with Crippen LogP contribution >= 0.6 is 0 Å². The van der Waals surface area contributed by atoms with E-state index in [0.29, 0.717) is 22.8 Å². The zero-order valence-electron chi connectivity index (χ0n) is 18.9. The third kappa shape index (κ3) is 3.40. The summed E-state index contributed by atoms with van der Waals surface area (Å²) < 4.78 is 6.98. The molecule has 3 aromatic rings. The van der Waals surface area contributed by atoms with Gasteiger partial charge in [-0.05, 0) is 37.5 Å². The highest BCUT2D eigenvalue weighted by atomic mass is 16.5. The Balaban J connectivity index is 1.44. The largest absolute Gasteiger partial charge is 0.396 e. The fraction of sp³-hybridized carbons (Fsp3) is 0.480. The molecule has 6 rings (SSSR count). The molecule has 0 amide bonds. The second-order valence-corrected chi connectivity index (χ2v) is 9.71. The Kier molecular flexibility index (Phi) is 4.88. The topological polar surface area (TPSA) is 83.7 Å². The van der Waals surface area contributed by atoms with Crippen molar-refractivity contribution in [1.82, 2.24) is 14.5 Å². The molecule has 1 unspecified atom stereocenters. The summed E-state index contributed by atoms with van der Waals surface area (Å²) in [6.07, 6.45) is 4.57. The Morgan fingerprint density at radius 1 is 1.21 bits per heavy atom. The minimum atomic E-state index is -0.0856. The number of aryl methyl sites for hydroxylation is 1. The number of rotatable bonds is 4. The Morgan fingerprint density at radius 2 is 2.00 bits per heavy atom. The molecular formula is C25H29N5O3. The number of ether oxygens (including phenoxy) is 1. The monoisotopic (exact) mass is 447 g/mol. The predicted molar refractivity (Wildman–Crippen MR) is 128 cm³/mol. The molecule has 3 fully saturated rings. The van der Waals surface area contributed by atoms with Gasteiger partial charge in [0.25, 0.3) is 5.56 Å². The van der Waals surface area contributed by atoms with Crippen LogP contribution in [0.15, 0.2) is 41.5 Å². The second kappa shape index (κ2) is 7.81. The molecule has 8 heteroatoms. The number of pyridine rings is 1. The Morgan fingerprint density at radius 3 is 2.73 bits per heavy atom. The molecule has 2 aromatic heterocycles. The fourth-order valence-electron chi connectivity index (χ4n) is 5.74. The molecular weight excluding hydrogens is 418 g/mol. The van der Waals surface area contributed by atoms with Gasteiger partial charge in [-0.15, -0.1) is 0 Å².